The van der Waals surface area contributed by atoms with Crippen LogP contribution < -0.4 is 9.47 Å². The van der Waals surface area contributed by atoms with Crippen molar-refractivity contribution in [3.05, 3.63) is 72.3 Å². The minimum Gasteiger partial charge on any atom is -0.490 e. The van der Waals surface area contributed by atoms with Crippen LogP contribution in [0.4, 0.5) is 0 Å². The number of hydrogen-bond acceptors (Lipinski definition) is 3. The summed E-state index contributed by atoms with van der Waals surface area (Å²) in [5.41, 5.74) is 1.73. The van der Waals surface area contributed by atoms with E-state index in [0.717, 1.165) is 12.8 Å². The highest BCUT2D eigenvalue weighted by molar-refractivity contribution is 5.91. The molecule has 0 heterocycles. The van der Waals surface area contributed by atoms with Gasteiger partial charge in [0.05, 0.1) is 5.56 Å². The van der Waals surface area contributed by atoms with Crippen molar-refractivity contribution in [3.8, 4) is 11.5 Å². The van der Waals surface area contributed by atoms with Crippen LogP contribution in [0.1, 0.15) is 29.3 Å². The summed E-state index contributed by atoms with van der Waals surface area (Å²) in [5.74, 6) is 0.871. The van der Waals surface area contributed by atoms with Gasteiger partial charge in [0.15, 0.2) is 0 Å². The topological polar surface area (TPSA) is 35.5 Å². The first-order valence-corrected chi connectivity index (χ1v) is 7.38. The number of carbonyl (C=O) groups excluding carboxylic acids is 1. The van der Waals surface area contributed by atoms with Gasteiger partial charge in [0.1, 0.15) is 18.1 Å². The molecule has 0 fully saturated rings. The molecule has 0 unspecified atom stereocenters. The highest BCUT2D eigenvalue weighted by Gasteiger charge is 2.08. The van der Waals surface area contributed by atoms with Crippen LogP contribution in [0.25, 0.3) is 0 Å². The Balaban J connectivity index is 1.97. The van der Waals surface area contributed by atoms with E-state index in [4.69, 9.17) is 9.47 Å². The van der Waals surface area contributed by atoms with E-state index in [1.54, 1.807) is 30.3 Å². The number of esters is 1. The summed E-state index contributed by atoms with van der Waals surface area (Å²) in [6, 6.07) is 14.5. The van der Waals surface area contributed by atoms with Crippen LogP contribution >= 0.6 is 0 Å². The normalized spacial score (nSPS) is 10.0. The standard InChI is InChI=1S/C19H20O3/c1-3-5-15-6-10-18(11-7-15)22-19(20)16-8-12-17(13-9-16)21-14-4-2/h4,6-13H,2-3,5,14H2,1H3. The molecule has 0 bridgehead atoms. The first-order valence-electron chi connectivity index (χ1n) is 7.38. The molecular formula is C19H20O3. The number of ether oxygens (including phenoxy) is 2. The van der Waals surface area contributed by atoms with Crippen LogP contribution in [0.3, 0.4) is 0 Å². The maximum absolute atomic E-state index is 12.1. The van der Waals surface area contributed by atoms with E-state index >= 15 is 0 Å². The number of benzene rings is 2. The largest absolute Gasteiger partial charge is 0.490 e. The van der Waals surface area contributed by atoms with E-state index < -0.39 is 0 Å². The zero-order valence-corrected chi connectivity index (χ0v) is 12.7. The van der Waals surface area contributed by atoms with Crippen LogP contribution in [0.2, 0.25) is 0 Å². The SMILES string of the molecule is C=CCOc1ccc(C(=O)Oc2ccc(CCC)cc2)cc1. The molecule has 2 aromatic rings. The number of hydrogen-bond donors (Lipinski definition) is 0. The highest BCUT2D eigenvalue weighted by atomic mass is 16.5. The maximum Gasteiger partial charge on any atom is 0.343 e. The molecule has 3 heteroatoms. The van der Waals surface area contributed by atoms with Gasteiger partial charge in [-0.2, -0.15) is 0 Å². The third-order valence-corrected chi connectivity index (χ3v) is 3.13. The Kier molecular flexibility index (Phi) is 5.78. The van der Waals surface area contributed by atoms with Crippen LogP contribution in [-0.2, 0) is 6.42 Å². The summed E-state index contributed by atoms with van der Waals surface area (Å²) in [6.45, 7) is 6.16. The van der Waals surface area contributed by atoms with Gasteiger partial charge in [0.25, 0.3) is 0 Å². The Labute approximate surface area is 131 Å². The number of rotatable bonds is 7. The van der Waals surface area contributed by atoms with Gasteiger partial charge >= 0.3 is 5.97 Å². The van der Waals surface area contributed by atoms with E-state index in [9.17, 15) is 4.79 Å². The quantitative estimate of drug-likeness (QED) is 0.431. The minimum atomic E-state index is -0.376. The van der Waals surface area contributed by atoms with Crippen molar-refractivity contribution in [2.45, 2.75) is 19.8 Å². The van der Waals surface area contributed by atoms with Gasteiger partial charge in [-0.3, -0.25) is 0 Å². The van der Waals surface area contributed by atoms with E-state index in [1.165, 1.54) is 5.56 Å². The predicted octanol–water partition coefficient (Wildman–Crippen LogP) is 4.42. The van der Waals surface area contributed by atoms with Crippen LogP contribution in [-0.4, -0.2) is 12.6 Å². The molecular weight excluding hydrogens is 276 g/mol. The molecule has 0 aliphatic carbocycles. The Morgan fingerprint density at radius 3 is 2.27 bits per heavy atom. The van der Waals surface area contributed by atoms with Gasteiger partial charge < -0.3 is 9.47 Å². The summed E-state index contributed by atoms with van der Waals surface area (Å²) in [7, 11) is 0. The van der Waals surface area contributed by atoms with Crippen molar-refractivity contribution in [3.63, 3.8) is 0 Å². The van der Waals surface area contributed by atoms with E-state index in [2.05, 4.69) is 13.5 Å². The summed E-state index contributed by atoms with van der Waals surface area (Å²) in [4.78, 5) is 12.1. The molecule has 2 rings (SSSR count). The Hall–Kier alpha value is -2.55. The average Bonchev–Trinajstić information content (AvgIpc) is 2.55. The Morgan fingerprint density at radius 2 is 1.68 bits per heavy atom. The third kappa shape index (κ3) is 4.48. The second-order valence-electron chi connectivity index (χ2n) is 4.91. The maximum atomic E-state index is 12.1. The van der Waals surface area contributed by atoms with E-state index in [-0.39, 0.29) is 5.97 Å². The van der Waals surface area contributed by atoms with E-state index in [0.29, 0.717) is 23.7 Å². The molecule has 22 heavy (non-hydrogen) atoms. The molecule has 0 atom stereocenters. The van der Waals surface area contributed by atoms with Crippen molar-refractivity contribution < 1.29 is 14.3 Å². The summed E-state index contributed by atoms with van der Waals surface area (Å²) < 4.78 is 10.7. The lowest BCUT2D eigenvalue weighted by atomic mass is 10.1. The minimum absolute atomic E-state index is 0.376. The van der Waals surface area contributed by atoms with Crippen molar-refractivity contribution >= 4 is 5.97 Å². The summed E-state index contributed by atoms with van der Waals surface area (Å²) in [5, 5.41) is 0. The molecule has 0 aromatic heterocycles. The van der Waals surface area contributed by atoms with Gasteiger partial charge in [-0.15, -0.1) is 0 Å². The molecule has 114 valence electrons. The molecule has 0 radical (unpaired) electrons. The molecule has 0 N–H and O–H groups in total. The van der Waals surface area contributed by atoms with Crippen molar-refractivity contribution in [2.75, 3.05) is 6.61 Å². The molecule has 3 nitrogen and oxygen atoms in total. The molecule has 0 saturated carbocycles. The lowest BCUT2D eigenvalue weighted by Gasteiger charge is -2.07. The smallest absolute Gasteiger partial charge is 0.343 e. The van der Waals surface area contributed by atoms with Crippen molar-refractivity contribution in [1.29, 1.82) is 0 Å². The fourth-order valence-corrected chi connectivity index (χ4v) is 2.02. The monoisotopic (exact) mass is 296 g/mol. The first kappa shape index (κ1) is 15.8. The van der Waals surface area contributed by atoms with Gasteiger partial charge in [-0.25, -0.2) is 4.79 Å². The molecule has 0 saturated heterocycles. The fourth-order valence-electron chi connectivity index (χ4n) is 2.02. The molecule has 0 aliphatic rings. The first-order chi connectivity index (χ1) is 10.7. The molecule has 2 aromatic carbocycles. The average molecular weight is 296 g/mol. The lowest BCUT2D eigenvalue weighted by molar-refractivity contribution is 0.0734. The van der Waals surface area contributed by atoms with Crippen molar-refractivity contribution in [1.82, 2.24) is 0 Å². The fraction of sp³-hybridized carbons (Fsp3) is 0.211. The predicted molar refractivity (Wildman–Crippen MR) is 87.5 cm³/mol. The zero-order valence-electron chi connectivity index (χ0n) is 12.7. The van der Waals surface area contributed by atoms with Gasteiger partial charge in [-0.05, 0) is 48.4 Å². The van der Waals surface area contributed by atoms with Crippen LogP contribution in [0.5, 0.6) is 11.5 Å². The Morgan fingerprint density at radius 1 is 1.05 bits per heavy atom. The number of aryl methyl sites for hydroxylation is 1. The molecule has 0 amide bonds. The summed E-state index contributed by atoms with van der Waals surface area (Å²) in [6.07, 6.45) is 3.80. The summed E-state index contributed by atoms with van der Waals surface area (Å²) >= 11 is 0. The lowest BCUT2D eigenvalue weighted by Crippen LogP contribution is -2.08. The van der Waals surface area contributed by atoms with Gasteiger partial charge in [0.2, 0.25) is 0 Å². The second kappa shape index (κ2) is 8.03. The third-order valence-electron chi connectivity index (χ3n) is 3.13. The zero-order chi connectivity index (χ0) is 15.8. The highest BCUT2D eigenvalue weighted by Crippen LogP contribution is 2.17. The van der Waals surface area contributed by atoms with Crippen LogP contribution in [0.15, 0.2) is 61.2 Å². The Bertz CT molecular complexity index is 612. The van der Waals surface area contributed by atoms with E-state index in [1.807, 2.05) is 24.3 Å². The van der Waals surface area contributed by atoms with Gasteiger partial charge in [0, 0.05) is 0 Å². The second-order valence-corrected chi connectivity index (χ2v) is 4.91. The van der Waals surface area contributed by atoms with Crippen molar-refractivity contribution in [2.24, 2.45) is 0 Å². The molecule has 0 aliphatic heterocycles. The van der Waals surface area contributed by atoms with Crippen LogP contribution in [0, 0.1) is 0 Å². The van der Waals surface area contributed by atoms with Gasteiger partial charge in [-0.1, -0.05) is 38.1 Å². The number of carbonyl (C=O) groups is 1. The molecule has 0 spiro atoms.